The first-order valence-corrected chi connectivity index (χ1v) is 15.7. The highest BCUT2D eigenvalue weighted by molar-refractivity contribution is 7.89. The average molecular weight is 587 g/mol. The lowest BCUT2D eigenvalue weighted by molar-refractivity contribution is -0.0907. The number of hydrogen-bond acceptors (Lipinski definition) is 8. The maximum Gasteiger partial charge on any atom is 0.407 e. The van der Waals surface area contributed by atoms with Gasteiger partial charge >= 0.3 is 13.0 Å². The molecule has 222 valence electrons. The van der Waals surface area contributed by atoms with Crippen LogP contribution in [0.1, 0.15) is 31.4 Å². The highest BCUT2D eigenvalue weighted by Crippen LogP contribution is 2.33. The summed E-state index contributed by atoms with van der Waals surface area (Å²) in [5.41, 5.74) is 2.71. The number of nitrogens with one attached hydrogen (secondary N) is 1. The fourth-order valence-corrected chi connectivity index (χ4v) is 7.43. The summed E-state index contributed by atoms with van der Waals surface area (Å²) in [7, 11) is -3.95. The van der Waals surface area contributed by atoms with Gasteiger partial charge in [0.15, 0.2) is 6.29 Å². The molecule has 1 amide bonds. The largest absolute Gasteiger partial charge is 0.443 e. The molecule has 2 N–H and O–H groups in total. The van der Waals surface area contributed by atoms with Crippen LogP contribution in [0, 0.1) is 11.8 Å². The molecule has 2 aromatic carbocycles. The summed E-state index contributed by atoms with van der Waals surface area (Å²) in [5, 5.41) is 14.3. The van der Waals surface area contributed by atoms with Crippen molar-refractivity contribution in [3.63, 3.8) is 0 Å². The second-order valence-electron chi connectivity index (χ2n) is 11.5. The third-order valence-corrected chi connectivity index (χ3v) is 9.78. The standard InChI is InChI=1S/C29H39BN2O8S/c1-19(2)15-32(41(35,36)22-9-10-24-21(14-22)17-39-30(24)3)16-26(33)25(13-20-7-5-4-6-8-20)31-29(34)40-27-18-38-28-23(27)11-12-37-28/h4-10,14,19,23,25-28,33H,11-13,15-18H2,1-3H3,(H,31,34)/t23-,25-,26+,27?,28+/m0/s1. The summed E-state index contributed by atoms with van der Waals surface area (Å²) >= 11 is 0. The van der Waals surface area contributed by atoms with E-state index in [9.17, 15) is 18.3 Å². The Morgan fingerprint density at radius 1 is 1.17 bits per heavy atom. The number of rotatable bonds is 11. The molecular weight excluding hydrogens is 547 g/mol. The van der Waals surface area contributed by atoms with Crippen molar-refractivity contribution in [1.29, 1.82) is 0 Å². The fourth-order valence-electron chi connectivity index (χ4n) is 5.75. The van der Waals surface area contributed by atoms with E-state index in [1.54, 1.807) is 18.2 Å². The number of amides is 1. The van der Waals surface area contributed by atoms with Crippen molar-refractivity contribution in [3.8, 4) is 0 Å². The molecule has 0 saturated carbocycles. The fraction of sp³-hybridized carbons (Fsp3) is 0.552. The Hall–Kier alpha value is -2.48. The predicted molar refractivity (Wildman–Crippen MR) is 153 cm³/mol. The number of aliphatic hydroxyl groups is 1. The molecule has 1 unspecified atom stereocenters. The van der Waals surface area contributed by atoms with E-state index in [2.05, 4.69) is 5.32 Å². The van der Waals surface area contributed by atoms with E-state index in [1.165, 1.54) is 4.31 Å². The van der Waals surface area contributed by atoms with Crippen molar-refractivity contribution in [3.05, 3.63) is 59.7 Å². The molecule has 0 aliphatic carbocycles. The number of benzene rings is 2. The van der Waals surface area contributed by atoms with Crippen LogP contribution in [-0.4, -0.2) is 81.7 Å². The van der Waals surface area contributed by atoms with Crippen molar-refractivity contribution in [2.24, 2.45) is 11.8 Å². The Kier molecular flexibility index (Phi) is 9.37. The maximum atomic E-state index is 13.9. The summed E-state index contributed by atoms with van der Waals surface area (Å²) in [6.07, 6.45) is -1.66. The van der Waals surface area contributed by atoms with E-state index in [1.807, 2.05) is 51.0 Å². The molecule has 0 radical (unpaired) electrons. The zero-order valence-electron chi connectivity index (χ0n) is 23.8. The van der Waals surface area contributed by atoms with Crippen LogP contribution in [0.15, 0.2) is 53.4 Å². The van der Waals surface area contributed by atoms with Crippen LogP contribution in [0.3, 0.4) is 0 Å². The number of fused-ring (bicyclic) bond motifs is 2. The molecule has 3 aliphatic rings. The minimum absolute atomic E-state index is 0.00389. The third-order valence-electron chi connectivity index (χ3n) is 7.95. The third kappa shape index (κ3) is 6.95. The number of ether oxygens (including phenoxy) is 3. The molecule has 0 spiro atoms. The van der Waals surface area contributed by atoms with Crippen molar-refractivity contribution in [1.82, 2.24) is 9.62 Å². The van der Waals surface area contributed by atoms with Gasteiger partial charge in [-0.2, -0.15) is 4.31 Å². The van der Waals surface area contributed by atoms with Crippen LogP contribution in [0.5, 0.6) is 0 Å². The van der Waals surface area contributed by atoms with E-state index in [-0.39, 0.29) is 56.1 Å². The second kappa shape index (κ2) is 12.8. The average Bonchev–Trinajstić information content (AvgIpc) is 3.66. The highest BCUT2D eigenvalue weighted by Gasteiger charge is 2.44. The molecule has 2 fully saturated rings. The minimum atomic E-state index is -3.95. The molecule has 12 heteroatoms. The van der Waals surface area contributed by atoms with E-state index < -0.39 is 34.4 Å². The number of carbonyl (C=O) groups excluding carboxylic acids is 1. The molecule has 3 aliphatic heterocycles. The Morgan fingerprint density at radius 2 is 1.95 bits per heavy atom. The molecule has 2 saturated heterocycles. The van der Waals surface area contributed by atoms with Gasteiger partial charge in [0.05, 0.1) is 42.8 Å². The summed E-state index contributed by atoms with van der Waals surface area (Å²) < 4.78 is 51.5. The Balaban J connectivity index is 1.33. The van der Waals surface area contributed by atoms with Crippen LogP contribution in [0.4, 0.5) is 4.79 Å². The first-order valence-electron chi connectivity index (χ1n) is 14.3. The van der Waals surface area contributed by atoms with Gasteiger partial charge in [-0.25, -0.2) is 13.2 Å². The molecule has 5 rings (SSSR count). The number of hydrogen-bond donors (Lipinski definition) is 2. The smallest absolute Gasteiger partial charge is 0.407 e. The SMILES string of the molecule is CB1OCc2cc(S(=O)(=O)N(CC(C)C)C[C@@H](O)[C@H](Cc3ccccc3)NC(=O)OC3CO[C@H]4OCC[C@@H]34)ccc21. The topological polar surface area (TPSA) is 124 Å². The van der Waals surface area contributed by atoms with Crippen molar-refractivity contribution >= 4 is 28.5 Å². The lowest BCUT2D eigenvalue weighted by Crippen LogP contribution is -2.51. The van der Waals surface area contributed by atoms with E-state index >= 15 is 0 Å². The maximum absolute atomic E-state index is 13.9. The van der Waals surface area contributed by atoms with Gasteiger partial charge in [0.25, 0.3) is 0 Å². The highest BCUT2D eigenvalue weighted by atomic mass is 32.2. The summed E-state index contributed by atoms with van der Waals surface area (Å²) in [6.45, 7) is 6.87. The molecule has 0 bridgehead atoms. The second-order valence-corrected chi connectivity index (χ2v) is 13.4. The van der Waals surface area contributed by atoms with Gasteiger partial charge in [-0.3, -0.25) is 0 Å². The van der Waals surface area contributed by atoms with Crippen LogP contribution in [0.25, 0.3) is 0 Å². The van der Waals surface area contributed by atoms with Crippen LogP contribution >= 0.6 is 0 Å². The summed E-state index contributed by atoms with van der Waals surface area (Å²) in [5.74, 6) is -0.0187. The van der Waals surface area contributed by atoms with Gasteiger partial charge in [-0.15, -0.1) is 0 Å². The quantitative estimate of drug-likeness (QED) is 0.384. The van der Waals surface area contributed by atoms with Crippen molar-refractivity contribution in [2.75, 3.05) is 26.3 Å². The minimum Gasteiger partial charge on any atom is -0.443 e. The molecule has 0 aromatic heterocycles. The summed E-state index contributed by atoms with van der Waals surface area (Å²) in [4.78, 5) is 13.2. The lowest BCUT2D eigenvalue weighted by atomic mass is 9.64. The van der Waals surface area contributed by atoms with Crippen LogP contribution in [0.2, 0.25) is 6.82 Å². The zero-order chi connectivity index (χ0) is 29.1. The van der Waals surface area contributed by atoms with Gasteiger partial charge in [0, 0.05) is 13.1 Å². The normalized spacial score (nSPS) is 23.5. The van der Waals surface area contributed by atoms with Crippen LogP contribution < -0.4 is 10.8 Å². The van der Waals surface area contributed by atoms with E-state index in [0.29, 0.717) is 13.2 Å². The van der Waals surface area contributed by atoms with E-state index in [4.69, 9.17) is 18.9 Å². The van der Waals surface area contributed by atoms with E-state index in [0.717, 1.165) is 23.0 Å². The van der Waals surface area contributed by atoms with Gasteiger partial charge in [0.2, 0.25) is 10.0 Å². The number of nitrogens with zero attached hydrogens (tertiary/aromatic N) is 1. The number of sulfonamides is 1. The van der Waals surface area contributed by atoms with Crippen molar-refractivity contribution in [2.45, 2.75) is 69.6 Å². The zero-order valence-corrected chi connectivity index (χ0v) is 24.6. The Bertz CT molecular complexity index is 1310. The number of alkyl carbamates (subject to hydrolysis) is 1. The molecule has 41 heavy (non-hydrogen) atoms. The molecule has 5 atom stereocenters. The molecule has 2 aromatic rings. The summed E-state index contributed by atoms with van der Waals surface area (Å²) in [6, 6.07) is 13.7. The predicted octanol–water partition coefficient (Wildman–Crippen LogP) is 2.15. The van der Waals surface area contributed by atoms with Gasteiger partial charge < -0.3 is 29.3 Å². The Labute approximate surface area is 242 Å². The molecular formula is C29H39BN2O8S. The Morgan fingerprint density at radius 3 is 2.71 bits per heavy atom. The number of carbonyl (C=O) groups is 1. The van der Waals surface area contributed by atoms with Gasteiger partial charge in [-0.05, 0) is 47.5 Å². The monoisotopic (exact) mass is 586 g/mol. The van der Waals surface area contributed by atoms with Crippen LogP contribution in [-0.2, 0) is 41.9 Å². The van der Waals surface area contributed by atoms with Crippen molar-refractivity contribution < 1.29 is 37.2 Å². The first-order chi connectivity index (χ1) is 19.6. The molecule has 3 heterocycles. The van der Waals surface area contributed by atoms with Gasteiger partial charge in [0.1, 0.15) is 6.10 Å². The molecule has 10 nitrogen and oxygen atoms in total. The number of aliphatic hydroxyl groups excluding tert-OH is 1. The first kappa shape index (κ1) is 30.0. The van der Waals surface area contributed by atoms with Gasteiger partial charge in [-0.1, -0.05) is 57.1 Å². The lowest BCUT2D eigenvalue weighted by Gasteiger charge is -2.31.